The van der Waals surface area contributed by atoms with Crippen molar-refractivity contribution in [3.8, 4) is 5.75 Å². The second-order valence-electron chi connectivity index (χ2n) is 5.13. The molecule has 0 aliphatic rings. The van der Waals surface area contributed by atoms with E-state index in [4.69, 9.17) is 4.18 Å². The molecule has 0 fully saturated rings. The molecule has 148 valence electrons. The number of methoxy groups -OCH3 is 1. The lowest BCUT2D eigenvalue weighted by atomic mass is 10.2. The maximum absolute atomic E-state index is 12.5. The summed E-state index contributed by atoms with van der Waals surface area (Å²) >= 11 is 0. The molecule has 0 saturated carbocycles. The first-order chi connectivity index (χ1) is 13.4. The number of ether oxygens (including phenoxy) is 1. The van der Waals surface area contributed by atoms with Gasteiger partial charge in [-0.05, 0) is 30.3 Å². The van der Waals surface area contributed by atoms with Gasteiger partial charge in [0.2, 0.25) is 12.4 Å². The number of aliphatic imine (C=N–C) groups is 1. The summed E-state index contributed by atoms with van der Waals surface area (Å²) in [4.78, 5) is 25.8. The standard InChI is InChI=1S/C17H18N4O6S/c1-18-16(21-17(23)26-2)20-15-10-13(8-9-14(15)19-11-22)28(24,25)27-12-6-4-3-5-7-12/h3-11H,1-2H3,(H,19,22)(H2,18,20,21,23). The molecule has 0 atom stereocenters. The molecule has 2 rings (SSSR count). The minimum atomic E-state index is -4.15. The predicted molar refractivity (Wildman–Crippen MR) is 103 cm³/mol. The lowest BCUT2D eigenvalue weighted by molar-refractivity contribution is -0.105. The van der Waals surface area contributed by atoms with Crippen LogP contribution in [0.4, 0.5) is 16.2 Å². The second kappa shape index (κ2) is 9.37. The fraction of sp³-hybridized carbons (Fsp3) is 0.118. The summed E-state index contributed by atoms with van der Waals surface area (Å²) in [5, 5.41) is 7.46. The third-order valence-corrected chi connectivity index (χ3v) is 4.57. The number of guanidine groups is 1. The highest BCUT2D eigenvalue weighted by Gasteiger charge is 2.19. The van der Waals surface area contributed by atoms with Gasteiger partial charge in [0.05, 0.1) is 18.5 Å². The highest BCUT2D eigenvalue weighted by Crippen LogP contribution is 2.27. The number of nitrogens with zero attached hydrogens (tertiary/aromatic N) is 1. The summed E-state index contributed by atoms with van der Waals surface area (Å²) in [6, 6.07) is 11.9. The van der Waals surface area contributed by atoms with Gasteiger partial charge in [0, 0.05) is 7.05 Å². The number of benzene rings is 2. The molecule has 28 heavy (non-hydrogen) atoms. The summed E-state index contributed by atoms with van der Waals surface area (Å²) in [5.41, 5.74) is 0.406. The van der Waals surface area contributed by atoms with Crippen molar-refractivity contribution in [3.05, 3.63) is 48.5 Å². The number of para-hydroxylation sites is 1. The van der Waals surface area contributed by atoms with Crippen LogP contribution in [0.25, 0.3) is 0 Å². The Balaban J connectivity index is 2.36. The van der Waals surface area contributed by atoms with Crippen LogP contribution in [0.3, 0.4) is 0 Å². The molecule has 2 aromatic rings. The van der Waals surface area contributed by atoms with Crippen LogP contribution >= 0.6 is 0 Å². The second-order valence-corrected chi connectivity index (χ2v) is 6.68. The van der Waals surface area contributed by atoms with E-state index in [9.17, 15) is 18.0 Å². The van der Waals surface area contributed by atoms with E-state index in [1.165, 1.54) is 44.5 Å². The van der Waals surface area contributed by atoms with E-state index in [2.05, 4.69) is 25.7 Å². The molecular formula is C17H18N4O6S. The van der Waals surface area contributed by atoms with E-state index in [-0.39, 0.29) is 28.0 Å². The first kappa shape index (κ1) is 20.7. The largest absolute Gasteiger partial charge is 0.453 e. The first-order valence-electron chi connectivity index (χ1n) is 7.82. The monoisotopic (exact) mass is 406 g/mol. The number of anilines is 2. The minimum absolute atomic E-state index is 0.0284. The van der Waals surface area contributed by atoms with E-state index in [0.717, 1.165) is 0 Å². The van der Waals surface area contributed by atoms with Gasteiger partial charge < -0.3 is 19.6 Å². The van der Waals surface area contributed by atoms with Gasteiger partial charge in [0.25, 0.3) is 0 Å². The highest BCUT2D eigenvalue weighted by molar-refractivity contribution is 7.87. The van der Waals surface area contributed by atoms with Gasteiger partial charge in [0.1, 0.15) is 10.6 Å². The molecule has 0 aliphatic carbocycles. The number of carbonyl (C=O) groups is 2. The lowest BCUT2D eigenvalue weighted by Crippen LogP contribution is -2.36. The molecule has 0 aliphatic heterocycles. The zero-order chi connectivity index (χ0) is 20.6. The van der Waals surface area contributed by atoms with Crippen LogP contribution in [0, 0.1) is 0 Å². The molecule has 0 heterocycles. The molecule has 10 nitrogen and oxygen atoms in total. The van der Waals surface area contributed by atoms with Crippen molar-refractivity contribution in [2.75, 3.05) is 24.8 Å². The number of carbonyl (C=O) groups excluding carboxylic acids is 2. The van der Waals surface area contributed by atoms with Crippen molar-refractivity contribution in [1.29, 1.82) is 0 Å². The zero-order valence-electron chi connectivity index (χ0n) is 15.0. The Bertz CT molecular complexity index is 976. The Morgan fingerprint density at radius 3 is 2.43 bits per heavy atom. The molecule has 0 radical (unpaired) electrons. The van der Waals surface area contributed by atoms with Gasteiger partial charge in [-0.15, -0.1) is 0 Å². The Labute approximate surface area is 161 Å². The smallest absolute Gasteiger partial charge is 0.413 e. The van der Waals surface area contributed by atoms with Gasteiger partial charge in [-0.25, -0.2) is 4.79 Å². The van der Waals surface area contributed by atoms with Gasteiger partial charge in [0.15, 0.2) is 0 Å². The Hall–Kier alpha value is -3.60. The van der Waals surface area contributed by atoms with Crippen LogP contribution in [0.5, 0.6) is 5.75 Å². The predicted octanol–water partition coefficient (Wildman–Crippen LogP) is 1.78. The first-order valence-corrected chi connectivity index (χ1v) is 9.23. The Kier molecular flexibility index (Phi) is 6.93. The minimum Gasteiger partial charge on any atom is -0.453 e. The van der Waals surface area contributed by atoms with Gasteiger partial charge in [-0.3, -0.25) is 15.1 Å². The summed E-state index contributed by atoms with van der Waals surface area (Å²) in [6.45, 7) is 0. The zero-order valence-corrected chi connectivity index (χ0v) is 15.8. The van der Waals surface area contributed by atoms with E-state index in [1.54, 1.807) is 18.2 Å². The van der Waals surface area contributed by atoms with E-state index < -0.39 is 16.2 Å². The quantitative estimate of drug-likeness (QED) is 0.288. The molecule has 0 unspecified atom stereocenters. The van der Waals surface area contributed by atoms with Crippen molar-refractivity contribution >= 4 is 40.0 Å². The Morgan fingerprint density at radius 2 is 1.82 bits per heavy atom. The number of nitrogens with one attached hydrogen (secondary N) is 3. The SMILES string of the molecule is C/N=C(\NC(=O)OC)Nc1cc(S(=O)(=O)Oc2ccccc2)ccc1NC=O. The van der Waals surface area contributed by atoms with Crippen molar-refractivity contribution in [2.24, 2.45) is 4.99 Å². The van der Waals surface area contributed by atoms with Crippen LogP contribution < -0.4 is 20.1 Å². The van der Waals surface area contributed by atoms with Crippen molar-refractivity contribution in [1.82, 2.24) is 5.32 Å². The summed E-state index contributed by atoms with van der Waals surface area (Å²) in [6.07, 6.45) is -0.361. The van der Waals surface area contributed by atoms with Gasteiger partial charge >= 0.3 is 16.2 Å². The van der Waals surface area contributed by atoms with E-state index in [1.807, 2.05) is 0 Å². The molecule has 2 aromatic carbocycles. The Morgan fingerprint density at radius 1 is 1.11 bits per heavy atom. The van der Waals surface area contributed by atoms with Crippen molar-refractivity contribution in [3.63, 3.8) is 0 Å². The molecule has 0 saturated heterocycles. The van der Waals surface area contributed by atoms with Crippen LogP contribution in [-0.2, 0) is 19.6 Å². The van der Waals surface area contributed by atoms with Crippen LogP contribution in [0.2, 0.25) is 0 Å². The van der Waals surface area contributed by atoms with Gasteiger partial charge in [-0.2, -0.15) is 8.42 Å². The molecule has 0 spiro atoms. The maximum Gasteiger partial charge on any atom is 0.413 e. The molecular weight excluding hydrogens is 388 g/mol. The third-order valence-electron chi connectivity index (χ3n) is 3.33. The molecule has 2 amide bonds. The maximum atomic E-state index is 12.5. The van der Waals surface area contributed by atoms with E-state index in [0.29, 0.717) is 6.41 Å². The number of amides is 2. The van der Waals surface area contributed by atoms with Gasteiger partial charge in [-0.1, -0.05) is 18.2 Å². The van der Waals surface area contributed by atoms with Crippen molar-refractivity contribution in [2.45, 2.75) is 4.90 Å². The van der Waals surface area contributed by atoms with E-state index >= 15 is 0 Å². The highest BCUT2D eigenvalue weighted by atomic mass is 32.2. The third kappa shape index (κ3) is 5.45. The number of alkyl carbamates (subject to hydrolysis) is 1. The summed E-state index contributed by atoms with van der Waals surface area (Å²) in [7, 11) is -1.58. The average molecular weight is 406 g/mol. The molecule has 11 heteroatoms. The molecule has 0 aromatic heterocycles. The fourth-order valence-electron chi connectivity index (χ4n) is 2.04. The normalized spacial score (nSPS) is 11.3. The number of hydrogen-bond donors (Lipinski definition) is 3. The fourth-order valence-corrected chi connectivity index (χ4v) is 3.00. The summed E-state index contributed by atoms with van der Waals surface area (Å²) < 4.78 is 34.7. The number of rotatable bonds is 6. The van der Waals surface area contributed by atoms with Crippen LogP contribution in [-0.4, -0.2) is 41.0 Å². The lowest BCUT2D eigenvalue weighted by Gasteiger charge is -2.15. The van der Waals surface area contributed by atoms with Crippen LogP contribution in [0.1, 0.15) is 0 Å². The van der Waals surface area contributed by atoms with Crippen molar-refractivity contribution < 1.29 is 26.9 Å². The average Bonchev–Trinajstić information content (AvgIpc) is 2.69. The molecule has 3 N–H and O–H groups in total. The van der Waals surface area contributed by atoms with Crippen LogP contribution in [0.15, 0.2) is 58.4 Å². The topological polar surface area (TPSA) is 135 Å². The summed E-state index contributed by atoms with van der Waals surface area (Å²) in [5.74, 6) is 0.120. The number of hydrogen-bond acceptors (Lipinski definition) is 7. The molecule has 0 bridgehead atoms.